The lowest BCUT2D eigenvalue weighted by atomic mass is 9.74. The van der Waals surface area contributed by atoms with Crippen LogP contribution in [-0.2, 0) is 16.6 Å². The van der Waals surface area contributed by atoms with E-state index < -0.39 is 0 Å². The average Bonchev–Trinajstić information content (AvgIpc) is 2.37. The average molecular weight is 250 g/mol. The van der Waals surface area contributed by atoms with Crippen molar-refractivity contribution in [1.29, 1.82) is 0 Å². The Morgan fingerprint density at radius 2 is 2.17 bits per heavy atom. The molecule has 0 aromatic heterocycles. The minimum absolute atomic E-state index is 0.110. The molecule has 100 valence electrons. The maximum absolute atomic E-state index is 9.02. The second-order valence-electron chi connectivity index (χ2n) is 4.98. The van der Waals surface area contributed by atoms with Crippen LogP contribution in [-0.4, -0.2) is 32.0 Å². The van der Waals surface area contributed by atoms with Gasteiger partial charge in [-0.25, -0.2) is 0 Å². The third-order valence-corrected chi connectivity index (χ3v) is 3.84. The largest absolute Gasteiger partial charge is 0.496 e. The Morgan fingerprint density at radius 1 is 1.39 bits per heavy atom. The van der Waals surface area contributed by atoms with Crippen LogP contribution in [0.15, 0.2) is 18.2 Å². The zero-order valence-corrected chi connectivity index (χ0v) is 11.2. The van der Waals surface area contributed by atoms with Gasteiger partial charge in [-0.1, -0.05) is 19.1 Å². The Hall–Kier alpha value is -1.06. The van der Waals surface area contributed by atoms with Crippen molar-refractivity contribution in [2.45, 2.75) is 31.6 Å². The maximum Gasteiger partial charge on any atom is 0.122 e. The fourth-order valence-electron chi connectivity index (χ4n) is 2.61. The van der Waals surface area contributed by atoms with E-state index in [2.05, 4.69) is 19.1 Å². The van der Waals surface area contributed by atoms with Crippen molar-refractivity contribution in [1.82, 2.24) is 0 Å². The predicted molar refractivity (Wildman–Crippen MR) is 71.2 cm³/mol. The summed E-state index contributed by atoms with van der Waals surface area (Å²) in [5.41, 5.74) is 2.67. The summed E-state index contributed by atoms with van der Waals surface area (Å²) in [6.07, 6.45) is 2.78. The predicted octanol–water partition coefficient (Wildman–Crippen LogP) is 2.30. The van der Waals surface area contributed by atoms with Gasteiger partial charge in [-0.3, -0.25) is 0 Å². The van der Waals surface area contributed by atoms with Crippen LogP contribution in [0.4, 0.5) is 0 Å². The summed E-state index contributed by atoms with van der Waals surface area (Å²) in [5.74, 6) is 0.957. The van der Waals surface area contributed by atoms with Crippen LogP contribution in [0.3, 0.4) is 0 Å². The van der Waals surface area contributed by atoms with E-state index in [1.165, 1.54) is 11.1 Å². The molecule has 0 bridgehead atoms. The smallest absolute Gasteiger partial charge is 0.122 e. The number of aliphatic hydroxyl groups excluding tert-OH is 1. The van der Waals surface area contributed by atoms with Crippen LogP contribution < -0.4 is 4.74 Å². The van der Waals surface area contributed by atoms with Crippen molar-refractivity contribution < 1.29 is 14.6 Å². The number of aliphatic hydroxyl groups is 1. The van der Waals surface area contributed by atoms with Gasteiger partial charge in [0.05, 0.1) is 20.3 Å². The highest BCUT2D eigenvalue weighted by Gasteiger charge is 2.39. The number of hydrogen-bond donors (Lipinski definition) is 1. The summed E-state index contributed by atoms with van der Waals surface area (Å²) in [6, 6.07) is 6.42. The van der Waals surface area contributed by atoms with Crippen LogP contribution in [0.25, 0.3) is 0 Å². The second-order valence-corrected chi connectivity index (χ2v) is 4.98. The molecular formula is C15H22O3. The molecule has 1 aromatic rings. The molecule has 1 fully saturated rings. The van der Waals surface area contributed by atoms with Crippen LogP contribution in [0.1, 0.15) is 30.9 Å². The molecule has 2 rings (SSSR count). The third kappa shape index (κ3) is 2.38. The first-order valence-electron chi connectivity index (χ1n) is 6.62. The quantitative estimate of drug-likeness (QED) is 0.842. The van der Waals surface area contributed by atoms with E-state index in [0.29, 0.717) is 0 Å². The Bertz CT molecular complexity index is 397. The van der Waals surface area contributed by atoms with Crippen LogP contribution in [0.2, 0.25) is 0 Å². The summed E-state index contributed by atoms with van der Waals surface area (Å²) < 4.78 is 10.8. The van der Waals surface area contributed by atoms with E-state index in [1.807, 2.05) is 6.07 Å². The van der Waals surface area contributed by atoms with Crippen molar-refractivity contribution in [2.75, 3.05) is 26.9 Å². The lowest BCUT2D eigenvalue weighted by Gasteiger charge is -2.42. The second kappa shape index (κ2) is 5.72. The maximum atomic E-state index is 9.02. The molecule has 3 nitrogen and oxygen atoms in total. The number of ether oxygens (including phenoxy) is 2. The molecule has 1 aliphatic rings. The van der Waals surface area contributed by atoms with Gasteiger partial charge in [-0.2, -0.15) is 0 Å². The molecule has 0 unspecified atom stereocenters. The topological polar surface area (TPSA) is 38.7 Å². The molecule has 0 spiro atoms. The summed E-state index contributed by atoms with van der Waals surface area (Å²) >= 11 is 0. The molecular weight excluding hydrogens is 228 g/mol. The highest BCUT2D eigenvalue weighted by atomic mass is 16.5. The van der Waals surface area contributed by atoms with Gasteiger partial charge in [0.15, 0.2) is 0 Å². The number of methoxy groups -OCH3 is 1. The van der Waals surface area contributed by atoms with E-state index in [4.69, 9.17) is 14.6 Å². The normalized spacial score (nSPS) is 17.3. The molecule has 0 amide bonds. The summed E-state index contributed by atoms with van der Waals surface area (Å²) in [5, 5.41) is 9.02. The van der Waals surface area contributed by atoms with E-state index in [0.717, 1.165) is 38.2 Å². The van der Waals surface area contributed by atoms with Crippen molar-refractivity contribution >= 4 is 0 Å². The Morgan fingerprint density at radius 3 is 2.67 bits per heavy atom. The van der Waals surface area contributed by atoms with Gasteiger partial charge in [0.1, 0.15) is 5.75 Å². The van der Waals surface area contributed by atoms with Crippen LogP contribution in [0, 0.1) is 0 Å². The first-order valence-corrected chi connectivity index (χ1v) is 6.62. The molecule has 1 heterocycles. The van der Waals surface area contributed by atoms with Crippen molar-refractivity contribution in [3.05, 3.63) is 29.3 Å². The van der Waals surface area contributed by atoms with Crippen LogP contribution in [0.5, 0.6) is 5.75 Å². The fourth-order valence-corrected chi connectivity index (χ4v) is 2.61. The van der Waals surface area contributed by atoms with Gasteiger partial charge in [-0.05, 0) is 36.5 Å². The zero-order valence-electron chi connectivity index (χ0n) is 11.2. The molecule has 0 atom stereocenters. The summed E-state index contributed by atoms with van der Waals surface area (Å²) in [4.78, 5) is 0. The Kier molecular flexibility index (Phi) is 4.25. The molecule has 0 saturated carbocycles. The monoisotopic (exact) mass is 250 g/mol. The number of rotatable bonds is 6. The highest BCUT2D eigenvalue weighted by molar-refractivity contribution is 5.41. The van der Waals surface area contributed by atoms with E-state index in [-0.39, 0.29) is 12.0 Å². The molecule has 1 aliphatic heterocycles. The lowest BCUT2D eigenvalue weighted by Crippen LogP contribution is -2.46. The van der Waals surface area contributed by atoms with E-state index >= 15 is 0 Å². The van der Waals surface area contributed by atoms with Gasteiger partial charge in [0, 0.05) is 12.0 Å². The fraction of sp³-hybridized carbons (Fsp3) is 0.600. The Labute approximate surface area is 109 Å². The molecule has 3 heteroatoms. The standard InChI is InChI=1S/C15H22O3/c1-3-12-9-13(5-6-14(12)17-2)15(7-4-8-16)10-18-11-15/h5-6,9,16H,3-4,7-8,10-11H2,1-2H3. The number of benzene rings is 1. The van der Waals surface area contributed by atoms with E-state index in [1.54, 1.807) is 7.11 Å². The summed E-state index contributed by atoms with van der Waals surface area (Å²) in [6.45, 7) is 3.92. The molecule has 0 radical (unpaired) electrons. The number of aryl methyl sites for hydroxylation is 1. The molecule has 18 heavy (non-hydrogen) atoms. The van der Waals surface area contributed by atoms with Gasteiger partial charge in [-0.15, -0.1) is 0 Å². The van der Waals surface area contributed by atoms with Crippen molar-refractivity contribution in [3.63, 3.8) is 0 Å². The van der Waals surface area contributed by atoms with Gasteiger partial charge in [0.25, 0.3) is 0 Å². The lowest BCUT2D eigenvalue weighted by molar-refractivity contribution is -0.0665. The molecule has 0 aliphatic carbocycles. The van der Waals surface area contributed by atoms with E-state index in [9.17, 15) is 0 Å². The zero-order chi connectivity index (χ0) is 13.0. The third-order valence-electron chi connectivity index (χ3n) is 3.84. The Balaban J connectivity index is 2.25. The van der Waals surface area contributed by atoms with Crippen molar-refractivity contribution in [2.24, 2.45) is 0 Å². The van der Waals surface area contributed by atoms with Crippen molar-refractivity contribution in [3.8, 4) is 5.75 Å². The van der Waals surface area contributed by atoms with Gasteiger partial charge < -0.3 is 14.6 Å². The molecule has 1 saturated heterocycles. The SMILES string of the molecule is CCc1cc(C2(CCCO)COC2)ccc1OC. The molecule has 1 N–H and O–H groups in total. The minimum atomic E-state index is 0.110. The van der Waals surface area contributed by atoms with Gasteiger partial charge in [0.2, 0.25) is 0 Å². The summed E-state index contributed by atoms with van der Waals surface area (Å²) in [7, 11) is 1.71. The minimum Gasteiger partial charge on any atom is -0.496 e. The van der Waals surface area contributed by atoms with Crippen LogP contribution >= 0.6 is 0 Å². The van der Waals surface area contributed by atoms with Gasteiger partial charge >= 0.3 is 0 Å². The first kappa shape index (κ1) is 13.4. The number of hydrogen-bond acceptors (Lipinski definition) is 3. The molecule has 1 aromatic carbocycles. The first-order chi connectivity index (χ1) is 8.75. The highest BCUT2D eigenvalue weighted by Crippen LogP contribution is 2.38.